The Hall–Kier alpha value is -5.60. The van der Waals surface area contributed by atoms with Gasteiger partial charge in [-0.1, -0.05) is 17.3 Å². The minimum Gasteiger partial charge on any atom is -0.492 e. The Morgan fingerprint density at radius 2 is 1.88 bits per heavy atom. The molecule has 1 N–H and O–H groups in total. The Labute approximate surface area is 278 Å². The number of likely N-dealkylation sites (tertiary alicyclic amines) is 1. The number of nitrogens with zero attached hydrogens (tertiary/aromatic N) is 7. The molecule has 8 rings (SSSR count). The number of carboxylic acid groups (broad SMARTS) is 1. The number of ether oxygens (including phenoxy) is 1. The van der Waals surface area contributed by atoms with Crippen molar-refractivity contribution in [3.8, 4) is 5.75 Å². The number of hydrogen-bond acceptors (Lipinski definition) is 9. The Morgan fingerprint density at radius 3 is 2.63 bits per heavy atom. The average Bonchev–Trinajstić information content (AvgIpc) is 3.61. The van der Waals surface area contributed by atoms with Gasteiger partial charge in [-0.05, 0) is 49.8 Å². The normalized spacial score (nSPS) is 20.2. The third-order valence-corrected chi connectivity index (χ3v) is 10.1. The number of fused-ring (bicyclic) bond motifs is 3. The molecule has 2 saturated heterocycles. The molecule has 252 valence electrons. The summed E-state index contributed by atoms with van der Waals surface area (Å²) >= 11 is 0. The quantitative estimate of drug-likeness (QED) is 0.276. The molecular weight excluding hydrogens is 637 g/mol. The molecule has 2 atom stereocenters. The number of carbonyl (C=O) groups excluding carboxylic acids is 3. The van der Waals surface area contributed by atoms with E-state index in [4.69, 9.17) is 4.74 Å². The minimum atomic E-state index is -1.37. The molecule has 0 radical (unpaired) electrons. The number of aromatic nitrogens is 4. The van der Waals surface area contributed by atoms with Crippen LogP contribution < -0.4 is 20.0 Å². The fourth-order valence-corrected chi connectivity index (χ4v) is 7.68. The van der Waals surface area contributed by atoms with E-state index in [1.165, 1.54) is 22.9 Å². The number of halogens is 1. The lowest BCUT2D eigenvalue weighted by Gasteiger charge is -2.36. The van der Waals surface area contributed by atoms with Gasteiger partial charge < -0.3 is 24.2 Å². The summed E-state index contributed by atoms with van der Waals surface area (Å²) in [6.07, 6.45) is 6.13. The molecule has 49 heavy (non-hydrogen) atoms. The second-order valence-electron chi connectivity index (χ2n) is 13.1. The highest BCUT2D eigenvalue weighted by Crippen LogP contribution is 2.45. The van der Waals surface area contributed by atoms with Gasteiger partial charge in [0.25, 0.3) is 11.7 Å². The van der Waals surface area contributed by atoms with Crippen LogP contribution in [-0.2, 0) is 22.7 Å². The maximum absolute atomic E-state index is 16.0. The fourth-order valence-electron chi connectivity index (χ4n) is 7.68. The largest absolute Gasteiger partial charge is 0.492 e. The molecule has 0 unspecified atom stereocenters. The first kappa shape index (κ1) is 30.7. The monoisotopic (exact) mass is 669 g/mol. The second kappa shape index (κ2) is 11.5. The van der Waals surface area contributed by atoms with Crippen molar-refractivity contribution >= 4 is 45.8 Å². The highest BCUT2D eigenvalue weighted by Gasteiger charge is 2.43. The number of methoxy groups -OCH3 is 1. The molecule has 1 aliphatic carbocycles. The SMILES string of the molecule is COc1c(N2C[C@@H]3CCCN(C(=O)Cn4cc(CN5C(=O)C(=O)c6ccccc65)nn4)[C@@H]3C2)c(F)cc2c(=O)c(C(=O)O)cn(C3CC3)c12. The number of aromatic carboxylic acids is 1. The first-order chi connectivity index (χ1) is 23.6. The maximum Gasteiger partial charge on any atom is 0.341 e. The number of amides is 2. The van der Waals surface area contributed by atoms with Gasteiger partial charge in [-0.3, -0.25) is 24.1 Å². The van der Waals surface area contributed by atoms with Crippen LogP contribution >= 0.6 is 0 Å². The second-order valence-corrected chi connectivity index (χ2v) is 13.1. The Bertz CT molecular complexity index is 2140. The van der Waals surface area contributed by atoms with E-state index in [0.717, 1.165) is 31.7 Å². The van der Waals surface area contributed by atoms with Gasteiger partial charge in [0.15, 0.2) is 11.6 Å². The highest BCUT2D eigenvalue weighted by molar-refractivity contribution is 6.52. The van der Waals surface area contributed by atoms with E-state index >= 15 is 4.39 Å². The number of piperidine rings is 1. The van der Waals surface area contributed by atoms with Crippen molar-refractivity contribution in [2.45, 2.75) is 50.9 Å². The van der Waals surface area contributed by atoms with Crippen molar-refractivity contribution in [3.05, 3.63) is 75.6 Å². The van der Waals surface area contributed by atoms with E-state index in [-0.39, 0.29) is 53.8 Å². The number of hydrogen-bond donors (Lipinski definition) is 1. The third-order valence-electron chi connectivity index (χ3n) is 10.1. The highest BCUT2D eigenvalue weighted by atomic mass is 19.1. The van der Waals surface area contributed by atoms with Gasteiger partial charge in [0.2, 0.25) is 11.3 Å². The van der Waals surface area contributed by atoms with E-state index in [1.54, 1.807) is 39.9 Å². The van der Waals surface area contributed by atoms with Gasteiger partial charge in [0, 0.05) is 31.9 Å². The van der Waals surface area contributed by atoms with Crippen molar-refractivity contribution < 1.29 is 33.4 Å². The van der Waals surface area contributed by atoms with Crippen molar-refractivity contribution in [3.63, 3.8) is 0 Å². The first-order valence-electron chi connectivity index (χ1n) is 16.2. The smallest absolute Gasteiger partial charge is 0.341 e. The molecule has 2 aromatic carbocycles. The van der Waals surface area contributed by atoms with E-state index in [0.29, 0.717) is 42.1 Å². The molecule has 5 heterocycles. The lowest BCUT2D eigenvalue weighted by Crippen LogP contribution is -2.49. The first-order valence-corrected chi connectivity index (χ1v) is 16.2. The average molecular weight is 670 g/mol. The number of carbonyl (C=O) groups is 4. The van der Waals surface area contributed by atoms with E-state index in [9.17, 15) is 29.1 Å². The van der Waals surface area contributed by atoms with Gasteiger partial charge in [-0.25, -0.2) is 13.9 Å². The number of para-hydroxylation sites is 1. The van der Waals surface area contributed by atoms with E-state index in [1.807, 2.05) is 4.90 Å². The number of carboxylic acids is 1. The number of benzene rings is 2. The lowest BCUT2D eigenvalue weighted by molar-refractivity contribution is -0.136. The van der Waals surface area contributed by atoms with Crippen LogP contribution in [0, 0.1) is 11.7 Å². The van der Waals surface area contributed by atoms with Gasteiger partial charge in [-0.2, -0.15) is 0 Å². The van der Waals surface area contributed by atoms with Crippen LogP contribution in [0.1, 0.15) is 58.1 Å². The summed E-state index contributed by atoms with van der Waals surface area (Å²) in [5.74, 6) is -3.24. The number of Topliss-reactive ketones (excluding diaryl/α,β-unsaturated/α-hetero) is 1. The number of rotatable bonds is 8. The maximum atomic E-state index is 16.0. The van der Waals surface area contributed by atoms with Crippen LogP contribution in [0.25, 0.3) is 10.9 Å². The molecule has 0 bridgehead atoms. The van der Waals surface area contributed by atoms with Crippen LogP contribution in [0.2, 0.25) is 0 Å². The number of pyridine rings is 1. The summed E-state index contributed by atoms with van der Waals surface area (Å²) in [4.78, 5) is 68.7. The zero-order valence-corrected chi connectivity index (χ0v) is 26.5. The zero-order valence-electron chi connectivity index (χ0n) is 26.5. The Morgan fingerprint density at radius 1 is 1.08 bits per heavy atom. The Balaban J connectivity index is 1.03. The Kier molecular flexibility index (Phi) is 7.23. The summed E-state index contributed by atoms with van der Waals surface area (Å²) in [6, 6.07) is 7.63. The van der Waals surface area contributed by atoms with Crippen LogP contribution in [-0.4, -0.2) is 85.9 Å². The van der Waals surface area contributed by atoms with Crippen LogP contribution in [0.3, 0.4) is 0 Å². The summed E-state index contributed by atoms with van der Waals surface area (Å²) in [5.41, 5.74) is 0.639. The summed E-state index contributed by atoms with van der Waals surface area (Å²) in [7, 11) is 1.41. The molecule has 1 saturated carbocycles. The number of anilines is 2. The summed E-state index contributed by atoms with van der Waals surface area (Å²) in [5, 5.41) is 17.9. The standard InChI is InChI=1S/C34H32FN7O7/c1-49-32-28-22(30(44)23(34(47)48)15-41(28)20-8-9-20)11-24(35)29(32)38-12-18-5-4-10-40(26(18)16-38)27(43)17-39-13-19(36-37-39)14-42-25-7-3-2-6-21(25)31(45)33(42)46/h2-3,6-7,11,13,15,18,20,26H,4-5,8-10,12,14,16-17H2,1H3,(H,47,48)/t18-,26+/m0/s1. The molecule has 4 aromatic rings. The zero-order chi connectivity index (χ0) is 34.1. The predicted octanol–water partition coefficient (Wildman–Crippen LogP) is 2.63. The van der Waals surface area contributed by atoms with Crippen LogP contribution in [0.5, 0.6) is 5.75 Å². The summed E-state index contributed by atoms with van der Waals surface area (Å²) < 4.78 is 24.9. The number of ketones is 1. The molecule has 0 spiro atoms. The van der Waals surface area contributed by atoms with Gasteiger partial charge in [0.1, 0.15) is 23.5 Å². The van der Waals surface area contributed by atoms with Gasteiger partial charge in [-0.15, -0.1) is 5.10 Å². The lowest BCUT2D eigenvalue weighted by atomic mass is 9.92. The summed E-state index contributed by atoms with van der Waals surface area (Å²) in [6.45, 7) is 1.26. The molecule has 2 aromatic heterocycles. The molecular formula is C34H32FN7O7. The van der Waals surface area contributed by atoms with E-state index < -0.39 is 34.5 Å². The molecule has 14 nitrogen and oxygen atoms in total. The van der Waals surface area contributed by atoms with Crippen molar-refractivity contribution in [2.75, 3.05) is 36.5 Å². The molecule has 3 aliphatic heterocycles. The van der Waals surface area contributed by atoms with Gasteiger partial charge in [0.05, 0.1) is 48.0 Å². The predicted molar refractivity (Wildman–Crippen MR) is 172 cm³/mol. The molecule has 4 aliphatic rings. The fraction of sp³-hybridized carbons (Fsp3) is 0.382. The van der Waals surface area contributed by atoms with Crippen LogP contribution in [0.4, 0.5) is 15.8 Å². The minimum absolute atomic E-state index is 0.0193. The van der Waals surface area contributed by atoms with Crippen LogP contribution in [0.15, 0.2) is 47.5 Å². The molecule has 2 amide bonds. The van der Waals surface area contributed by atoms with Crippen molar-refractivity contribution in [1.82, 2.24) is 24.5 Å². The van der Waals surface area contributed by atoms with Crippen molar-refractivity contribution in [1.29, 1.82) is 0 Å². The van der Waals surface area contributed by atoms with Gasteiger partial charge >= 0.3 is 5.97 Å². The molecule has 3 fully saturated rings. The molecule has 15 heteroatoms. The van der Waals surface area contributed by atoms with Crippen molar-refractivity contribution in [2.24, 2.45) is 5.92 Å². The van der Waals surface area contributed by atoms with E-state index in [2.05, 4.69) is 10.3 Å². The third kappa shape index (κ3) is 5.02. The topological polar surface area (TPSA) is 160 Å².